The van der Waals surface area contributed by atoms with Crippen LogP contribution < -0.4 is 5.32 Å². The zero-order chi connectivity index (χ0) is 24.4. The third kappa shape index (κ3) is 4.87. The Morgan fingerprint density at radius 2 is 1.82 bits per heavy atom. The van der Waals surface area contributed by atoms with Crippen molar-refractivity contribution in [1.29, 1.82) is 0 Å². The molecular weight excluding hydrogens is 445 g/mol. The quantitative estimate of drug-likeness (QED) is 0.533. The molecule has 0 radical (unpaired) electrons. The van der Waals surface area contributed by atoms with Crippen LogP contribution in [0.1, 0.15) is 48.1 Å². The van der Waals surface area contributed by atoms with E-state index in [9.17, 15) is 18.3 Å². The molecule has 0 bridgehead atoms. The summed E-state index contributed by atoms with van der Waals surface area (Å²) in [5, 5.41) is 21.5. The van der Waals surface area contributed by atoms with Crippen molar-refractivity contribution in [2.24, 2.45) is 0 Å². The summed E-state index contributed by atoms with van der Waals surface area (Å²) in [4.78, 5) is 0. The van der Waals surface area contributed by atoms with Crippen LogP contribution in [0, 0.1) is 6.92 Å². The van der Waals surface area contributed by atoms with E-state index < -0.39 is 28.9 Å². The fraction of sp³-hybridized carbons (Fsp3) is 0.440. The van der Waals surface area contributed by atoms with Gasteiger partial charge in [-0.15, -0.1) is 10.2 Å². The molecule has 9 heteroatoms. The minimum absolute atomic E-state index is 0.0797. The zero-order valence-corrected chi connectivity index (χ0v) is 19.2. The van der Waals surface area contributed by atoms with E-state index in [0.29, 0.717) is 30.5 Å². The second-order valence-corrected chi connectivity index (χ2v) is 9.14. The van der Waals surface area contributed by atoms with Crippen LogP contribution in [0.2, 0.25) is 0 Å². The second kappa shape index (κ2) is 9.48. The zero-order valence-electron chi connectivity index (χ0n) is 19.2. The van der Waals surface area contributed by atoms with Crippen molar-refractivity contribution in [3.8, 4) is 0 Å². The van der Waals surface area contributed by atoms with E-state index in [-0.39, 0.29) is 13.2 Å². The number of aromatic nitrogens is 3. The molecule has 1 aliphatic heterocycles. The number of hydrogen-bond donors (Lipinski definition) is 2. The van der Waals surface area contributed by atoms with Crippen molar-refractivity contribution >= 4 is 0 Å². The summed E-state index contributed by atoms with van der Waals surface area (Å²) in [5.41, 5.74) is 0.242. The highest BCUT2D eigenvalue weighted by Crippen LogP contribution is 2.39. The van der Waals surface area contributed by atoms with Gasteiger partial charge in [-0.05, 0) is 49.9 Å². The van der Waals surface area contributed by atoms with Gasteiger partial charge in [0.05, 0.1) is 36.0 Å². The summed E-state index contributed by atoms with van der Waals surface area (Å²) < 4.78 is 48.0. The lowest BCUT2D eigenvalue weighted by Crippen LogP contribution is -2.60. The second-order valence-electron chi connectivity index (χ2n) is 9.14. The number of benzene rings is 2. The van der Waals surface area contributed by atoms with Crippen molar-refractivity contribution in [2.45, 2.75) is 50.0 Å². The van der Waals surface area contributed by atoms with Crippen LogP contribution in [0.4, 0.5) is 13.2 Å². The van der Waals surface area contributed by atoms with Crippen LogP contribution in [0.25, 0.3) is 0 Å². The van der Waals surface area contributed by atoms with Gasteiger partial charge in [0, 0.05) is 6.54 Å². The van der Waals surface area contributed by atoms with Crippen molar-refractivity contribution in [3.63, 3.8) is 0 Å². The lowest BCUT2D eigenvalue weighted by Gasteiger charge is -2.47. The van der Waals surface area contributed by atoms with Gasteiger partial charge in [-0.25, -0.2) is 0 Å². The van der Waals surface area contributed by atoms with E-state index in [1.54, 1.807) is 32.6 Å². The predicted octanol–water partition coefficient (Wildman–Crippen LogP) is 4.35. The van der Waals surface area contributed by atoms with E-state index in [2.05, 4.69) is 15.5 Å². The minimum atomic E-state index is -4.41. The van der Waals surface area contributed by atoms with Crippen molar-refractivity contribution < 1.29 is 23.0 Å². The standard InChI is InChI=1S/C25H29F3N4O2/c1-18-10-20(12-22(11-18)25(26,27)28)19(2)34-15-24(21-6-4-3-5-7-21)9-8-23(14-33,13-29-24)32-16-30-31-17-32/h3-7,10-12,16-17,19,29,33H,8-9,13-15H2,1-2H3/t19-,23+,24-/m1/s1. The van der Waals surface area contributed by atoms with Gasteiger partial charge in [-0.2, -0.15) is 13.2 Å². The number of hydrogen-bond acceptors (Lipinski definition) is 5. The Kier molecular flexibility index (Phi) is 6.80. The highest BCUT2D eigenvalue weighted by atomic mass is 19.4. The Morgan fingerprint density at radius 1 is 1.12 bits per heavy atom. The molecule has 1 aromatic heterocycles. The van der Waals surface area contributed by atoms with Crippen LogP contribution in [-0.4, -0.2) is 39.6 Å². The monoisotopic (exact) mass is 474 g/mol. The highest BCUT2D eigenvalue weighted by molar-refractivity contribution is 5.32. The molecule has 1 aliphatic rings. The van der Waals surface area contributed by atoms with Crippen LogP contribution in [0.15, 0.2) is 61.2 Å². The molecule has 3 atom stereocenters. The molecule has 0 aliphatic carbocycles. The van der Waals surface area contributed by atoms with Crippen LogP contribution in [0.3, 0.4) is 0 Å². The highest BCUT2D eigenvalue weighted by Gasteiger charge is 2.45. The van der Waals surface area contributed by atoms with E-state index in [1.807, 2.05) is 34.9 Å². The average molecular weight is 475 g/mol. The van der Waals surface area contributed by atoms with Gasteiger partial charge in [0.25, 0.3) is 0 Å². The maximum Gasteiger partial charge on any atom is 0.416 e. The smallest absolute Gasteiger partial charge is 0.394 e. The predicted molar refractivity (Wildman–Crippen MR) is 121 cm³/mol. The van der Waals surface area contributed by atoms with Gasteiger partial charge >= 0.3 is 6.18 Å². The minimum Gasteiger partial charge on any atom is -0.394 e. The normalized spacial score (nSPS) is 24.2. The summed E-state index contributed by atoms with van der Waals surface area (Å²) in [7, 11) is 0. The van der Waals surface area contributed by atoms with Crippen molar-refractivity contribution in [1.82, 2.24) is 20.1 Å². The van der Waals surface area contributed by atoms with Crippen LogP contribution in [0.5, 0.6) is 0 Å². The SMILES string of the molecule is Cc1cc([C@@H](C)OC[C@@]2(c3ccccc3)CC[C@](CO)(n3cnnc3)CN2)cc(C(F)(F)F)c1. The maximum absolute atomic E-state index is 13.3. The van der Waals surface area contributed by atoms with Crippen LogP contribution >= 0.6 is 0 Å². The van der Waals surface area contributed by atoms with Gasteiger partial charge < -0.3 is 19.7 Å². The van der Waals surface area contributed by atoms with E-state index in [4.69, 9.17) is 4.74 Å². The topological polar surface area (TPSA) is 72.2 Å². The molecular formula is C25H29F3N4O2. The first kappa shape index (κ1) is 24.4. The lowest BCUT2D eigenvalue weighted by atomic mass is 9.76. The first-order valence-electron chi connectivity index (χ1n) is 11.2. The maximum atomic E-state index is 13.3. The van der Waals surface area contributed by atoms with Crippen molar-refractivity contribution in [3.05, 3.63) is 83.4 Å². The fourth-order valence-corrected chi connectivity index (χ4v) is 4.62. The Morgan fingerprint density at radius 3 is 2.41 bits per heavy atom. The number of aliphatic hydroxyl groups excluding tert-OH is 1. The van der Waals surface area contributed by atoms with Gasteiger partial charge in [0.15, 0.2) is 0 Å². The van der Waals surface area contributed by atoms with Gasteiger partial charge in [-0.3, -0.25) is 0 Å². The first-order chi connectivity index (χ1) is 16.2. The third-order valence-electron chi connectivity index (χ3n) is 6.84. The summed E-state index contributed by atoms with van der Waals surface area (Å²) in [6, 6.07) is 13.9. The fourth-order valence-electron chi connectivity index (χ4n) is 4.62. The number of halogens is 3. The molecule has 1 fully saturated rings. The summed E-state index contributed by atoms with van der Waals surface area (Å²) in [5.74, 6) is 0. The van der Waals surface area contributed by atoms with Gasteiger partial charge in [0.2, 0.25) is 0 Å². The Balaban J connectivity index is 1.57. The number of aliphatic hydroxyl groups is 1. The van der Waals surface area contributed by atoms with E-state index in [0.717, 1.165) is 17.7 Å². The third-order valence-corrected chi connectivity index (χ3v) is 6.84. The van der Waals surface area contributed by atoms with E-state index in [1.165, 1.54) is 0 Å². The molecule has 182 valence electrons. The molecule has 2 aromatic carbocycles. The van der Waals surface area contributed by atoms with Crippen LogP contribution in [-0.2, 0) is 22.0 Å². The number of aryl methyl sites for hydroxylation is 1. The van der Waals surface area contributed by atoms with Gasteiger partial charge in [-0.1, -0.05) is 42.0 Å². The van der Waals surface area contributed by atoms with Crippen molar-refractivity contribution in [2.75, 3.05) is 19.8 Å². The van der Waals surface area contributed by atoms with E-state index >= 15 is 0 Å². The number of nitrogens with zero attached hydrogens (tertiary/aromatic N) is 3. The number of ether oxygens (including phenoxy) is 1. The van der Waals surface area contributed by atoms with Gasteiger partial charge in [0.1, 0.15) is 12.7 Å². The molecule has 2 heterocycles. The summed E-state index contributed by atoms with van der Waals surface area (Å²) in [6.07, 6.45) is -0.463. The summed E-state index contributed by atoms with van der Waals surface area (Å²) in [6.45, 7) is 4.06. The Hall–Kier alpha value is -2.75. The lowest BCUT2D eigenvalue weighted by molar-refractivity contribution is -0.137. The molecule has 6 nitrogen and oxygen atoms in total. The molecule has 1 saturated heterocycles. The number of nitrogens with one attached hydrogen (secondary N) is 1. The largest absolute Gasteiger partial charge is 0.416 e. The number of rotatable bonds is 7. The molecule has 2 N–H and O–H groups in total. The number of piperidine rings is 1. The molecule has 0 amide bonds. The molecule has 4 rings (SSSR count). The Labute approximate surface area is 196 Å². The number of alkyl halides is 3. The average Bonchev–Trinajstić information content (AvgIpc) is 3.38. The first-order valence-corrected chi connectivity index (χ1v) is 11.2. The molecule has 34 heavy (non-hydrogen) atoms. The molecule has 0 unspecified atom stereocenters. The molecule has 3 aromatic rings. The molecule has 0 spiro atoms. The summed E-state index contributed by atoms with van der Waals surface area (Å²) >= 11 is 0. The molecule has 0 saturated carbocycles. The Bertz CT molecular complexity index is 1080.